The molecule has 0 spiro atoms. The van der Waals surface area contributed by atoms with Crippen LogP contribution in [-0.4, -0.2) is 16.8 Å². The second-order valence-corrected chi connectivity index (χ2v) is 3.06. The van der Waals surface area contributed by atoms with E-state index in [2.05, 4.69) is 0 Å². The van der Waals surface area contributed by atoms with Gasteiger partial charge in [0.2, 0.25) is 0 Å². The van der Waals surface area contributed by atoms with Crippen LogP contribution >= 0.6 is 0 Å². The van der Waals surface area contributed by atoms with Crippen molar-refractivity contribution < 1.29 is 19.0 Å². The van der Waals surface area contributed by atoms with E-state index in [1.54, 1.807) is 0 Å². The Labute approximate surface area is 74.4 Å². The number of hydrogen-bond acceptors (Lipinski definition) is 2. The summed E-state index contributed by atoms with van der Waals surface area (Å²) in [4.78, 5) is 0. The van der Waals surface area contributed by atoms with Gasteiger partial charge < -0.3 is 10.2 Å². The minimum Gasteiger partial charge on any atom is -0.393 e. The van der Waals surface area contributed by atoms with E-state index in [1.807, 2.05) is 0 Å². The Bertz CT molecular complexity index is 310. The lowest BCUT2D eigenvalue weighted by atomic mass is 9.97. The summed E-state index contributed by atoms with van der Waals surface area (Å²) in [6.45, 7) is 0.776. The van der Waals surface area contributed by atoms with Gasteiger partial charge in [0.25, 0.3) is 0 Å². The van der Waals surface area contributed by atoms with Crippen molar-refractivity contribution in [3.63, 3.8) is 0 Å². The molecule has 1 aromatic rings. The van der Waals surface area contributed by atoms with Crippen LogP contribution in [0, 0.1) is 11.6 Å². The van der Waals surface area contributed by atoms with Gasteiger partial charge >= 0.3 is 0 Å². The van der Waals surface area contributed by atoms with Crippen molar-refractivity contribution >= 4 is 0 Å². The number of rotatable bonds is 2. The highest BCUT2D eigenvalue weighted by atomic mass is 19.2. The van der Waals surface area contributed by atoms with E-state index in [-0.39, 0.29) is 5.56 Å². The molecule has 2 N–H and O–H groups in total. The van der Waals surface area contributed by atoms with Crippen LogP contribution in [-0.2, 0) is 5.60 Å². The average molecular weight is 188 g/mol. The molecule has 0 aliphatic rings. The third-order valence-electron chi connectivity index (χ3n) is 1.85. The molecule has 1 rings (SSSR count). The quantitative estimate of drug-likeness (QED) is 0.731. The van der Waals surface area contributed by atoms with E-state index in [0.717, 1.165) is 12.1 Å². The predicted octanol–water partition coefficient (Wildman–Crippen LogP) is 1.16. The molecule has 4 heteroatoms. The molecule has 0 radical (unpaired) electrons. The fourth-order valence-corrected chi connectivity index (χ4v) is 0.922. The lowest BCUT2D eigenvalue weighted by molar-refractivity contribution is -0.00258. The van der Waals surface area contributed by atoms with Crippen LogP contribution in [0.1, 0.15) is 12.5 Å². The maximum absolute atomic E-state index is 12.7. The van der Waals surface area contributed by atoms with Crippen LogP contribution in [0.5, 0.6) is 0 Å². The molecule has 1 aromatic carbocycles. The SMILES string of the molecule is CC(O)(CO)c1ccc(F)c(F)c1. The molecule has 72 valence electrons. The summed E-state index contributed by atoms with van der Waals surface area (Å²) in [6, 6.07) is 3.01. The summed E-state index contributed by atoms with van der Waals surface area (Å²) in [5, 5.41) is 18.2. The van der Waals surface area contributed by atoms with Crippen molar-refractivity contribution in [3.05, 3.63) is 35.4 Å². The van der Waals surface area contributed by atoms with Crippen LogP contribution < -0.4 is 0 Å². The fourth-order valence-electron chi connectivity index (χ4n) is 0.922. The standard InChI is InChI=1S/C9H10F2O2/c1-9(13,5-12)6-2-3-7(10)8(11)4-6/h2-4,12-13H,5H2,1H3. The van der Waals surface area contributed by atoms with Gasteiger partial charge in [-0.2, -0.15) is 0 Å². The first-order valence-corrected chi connectivity index (χ1v) is 3.76. The molecular formula is C9H10F2O2. The first-order valence-electron chi connectivity index (χ1n) is 3.76. The largest absolute Gasteiger partial charge is 0.393 e. The summed E-state index contributed by atoms with van der Waals surface area (Å²) in [5.41, 5.74) is -1.39. The summed E-state index contributed by atoms with van der Waals surface area (Å²) in [7, 11) is 0. The Morgan fingerprint density at radius 3 is 2.38 bits per heavy atom. The topological polar surface area (TPSA) is 40.5 Å². The smallest absolute Gasteiger partial charge is 0.159 e. The third-order valence-corrected chi connectivity index (χ3v) is 1.85. The Kier molecular flexibility index (Phi) is 2.63. The van der Waals surface area contributed by atoms with E-state index >= 15 is 0 Å². The molecule has 0 aliphatic heterocycles. The summed E-state index contributed by atoms with van der Waals surface area (Å²) in [6.07, 6.45) is 0. The second-order valence-electron chi connectivity index (χ2n) is 3.06. The van der Waals surface area contributed by atoms with Gasteiger partial charge in [0.1, 0.15) is 5.60 Å². The molecule has 1 atom stereocenters. The van der Waals surface area contributed by atoms with Gasteiger partial charge in [0.15, 0.2) is 11.6 Å². The minimum absolute atomic E-state index is 0.147. The van der Waals surface area contributed by atoms with Gasteiger partial charge in [-0.05, 0) is 24.6 Å². The Hall–Kier alpha value is -1.00. The monoisotopic (exact) mass is 188 g/mol. The highest BCUT2D eigenvalue weighted by molar-refractivity contribution is 5.23. The second kappa shape index (κ2) is 3.40. The highest BCUT2D eigenvalue weighted by Crippen LogP contribution is 2.21. The van der Waals surface area contributed by atoms with Crippen molar-refractivity contribution in [2.75, 3.05) is 6.61 Å². The zero-order valence-corrected chi connectivity index (χ0v) is 7.09. The van der Waals surface area contributed by atoms with E-state index in [1.165, 1.54) is 13.0 Å². The molecule has 0 amide bonds. The van der Waals surface area contributed by atoms with Crippen molar-refractivity contribution in [2.45, 2.75) is 12.5 Å². The number of halogens is 2. The number of aliphatic hydroxyl groups is 2. The summed E-state index contributed by atoms with van der Waals surface area (Å²) < 4.78 is 25.1. The molecular weight excluding hydrogens is 178 g/mol. The van der Waals surface area contributed by atoms with Gasteiger partial charge in [-0.1, -0.05) is 6.07 Å². The zero-order chi connectivity index (χ0) is 10.1. The number of hydrogen-bond donors (Lipinski definition) is 2. The molecule has 1 unspecified atom stereocenters. The molecule has 0 aliphatic carbocycles. The Balaban J connectivity index is 3.10. The van der Waals surface area contributed by atoms with Crippen LogP contribution in [0.3, 0.4) is 0 Å². The predicted molar refractivity (Wildman–Crippen MR) is 43.0 cm³/mol. The highest BCUT2D eigenvalue weighted by Gasteiger charge is 2.22. The molecule has 0 saturated carbocycles. The van der Waals surface area contributed by atoms with Crippen LogP contribution in [0.15, 0.2) is 18.2 Å². The Morgan fingerprint density at radius 1 is 1.31 bits per heavy atom. The lowest BCUT2D eigenvalue weighted by Gasteiger charge is -2.20. The number of aliphatic hydroxyl groups excluding tert-OH is 1. The van der Waals surface area contributed by atoms with Crippen molar-refractivity contribution in [1.29, 1.82) is 0 Å². The summed E-state index contributed by atoms with van der Waals surface area (Å²) in [5.74, 6) is -2.01. The first kappa shape index (κ1) is 10.1. The third kappa shape index (κ3) is 2.02. The molecule has 0 fully saturated rings. The van der Waals surface area contributed by atoms with E-state index in [0.29, 0.717) is 0 Å². The van der Waals surface area contributed by atoms with E-state index in [9.17, 15) is 13.9 Å². The summed E-state index contributed by atoms with van der Waals surface area (Å²) >= 11 is 0. The molecule has 0 aromatic heterocycles. The first-order chi connectivity index (χ1) is 5.97. The van der Waals surface area contributed by atoms with Gasteiger partial charge in [0.05, 0.1) is 6.61 Å². The van der Waals surface area contributed by atoms with E-state index in [4.69, 9.17) is 5.11 Å². The maximum atomic E-state index is 12.7. The van der Waals surface area contributed by atoms with Crippen LogP contribution in [0.2, 0.25) is 0 Å². The van der Waals surface area contributed by atoms with Gasteiger partial charge in [-0.3, -0.25) is 0 Å². The fraction of sp³-hybridized carbons (Fsp3) is 0.333. The normalized spacial score (nSPS) is 15.5. The lowest BCUT2D eigenvalue weighted by Crippen LogP contribution is -2.25. The van der Waals surface area contributed by atoms with Crippen molar-refractivity contribution in [2.24, 2.45) is 0 Å². The number of benzene rings is 1. The van der Waals surface area contributed by atoms with Crippen LogP contribution in [0.4, 0.5) is 8.78 Å². The van der Waals surface area contributed by atoms with Crippen molar-refractivity contribution in [1.82, 2.24) is 0 Å². The molecule has 13 heavy (non-hydrogen) atoms. The average Bonchev–Trinajstić information content (AvgIpc) is 2.09. The van der Waals surface area contributed by atoms with Gasteiger partial charge in [0, 0.05) is 0 Å². The van der Waals surface area contributed by atoms with Crippen LogP contribution in [0.25, 0.3) is 0 Å². The zero-order valence-electron chi connectivity index (χ0n) is 7.09. The molecule has 2 nitrogen and oxygen atoms in total. The van der Waals surface area contributed by atoms with Gasteiger partial charge in [-0.25, -0.2) is 8.78 Å². The molecule has 0 saturated heterocycles. The molecule has 0 heterocycles. The molecule has 0 bridgehead atoms. The van der Waals surface area contributed by atoms with E-state index < -0.39 is 23.8 Å². The van der Waals surface area contributed by atoms with Crippen molar-refractivity contribution in [3.8, 4) is 0 Å². The maximum Gasteiger partial charge on any atom is 0.159 e. The van der Waals surface area contributed by atoms with Gasteiger partial charge in [-0.15, -0.1) is 0 Å². The Morgan fingerprint density at radius 2 is 1.92 bits per heavy atom. The minimum atomic E-state index is -1.53.